The lowest BCUT2D eigenvalue weighted by Gasteiger charge is -2.26. The van der Waals surface area contributed by atoms with Crippen molar-refractivity contribution in [3.05, 3.63) is 0 Å². The zero-order chi connectivity index (χ0) is 22.9. The molecule has 0 aliphatic heterocycles. The number of carboxylic acids is 1. The molecule has 168 valence electrons. The van der Waals surface area contributed by atoms with Crippen LogP contribution in [0.15, 0.2) is 0 Å². The van der Waals surface area contributed by atoms with Crippen LogP contribution < -0.4 is 21.7 Å². The van der Waals surface area contributed by atoms with Gasteiger partial charge in [-0.05, 0) is 25.2 Å². The number of aliphatic carboxylic acids is 1. The largest absolute Gasteiger partial charge is 0.480 e. The van der Waals surface area contributed by atoms with Crippen molar-refractivity contribution in [3.63, 3.8) is 0 Å². The van der Waals surface area contributed by atoms with Gasteiger partial charge in [-0.3, -0.25) is 14.4 Å². The van der Waals surface area contributed by atoms with Gasteiger partial charge in [0.2, 0.25) is 17.7 Å². The number of rotatable bonds is 12. The molecule has 11 nitrogen and oxygen atoms in total. The van der Waals surface area contributed by atoms with E-state index in [1.807, 2.05) is 13.8 Å². The Bertz CT molecular complexity index is 581. The first-order chi connectivity index (χ1) is 13.3. The monoisotopic (exact) mass is 418 g/mol. The maximum atomic E-state index is 12.6. The van der Waals surface area contributed by atoms with E-state index in [1.54, 1.807) is 13.8 Å². The first kappa shape index (κ1) is 26.8. The van der Waals surface area contributed by atoms with E-state index in [2.05, 4.69) is 16.0 Å². The fraction of sp³-hybridized carbons (Fsp3) is 0.778. The molecule has 0 heterocycles. The van der Waals surface area contributed by atoms with Gasteiger partial charge in [-0.15, -0.1) is 0 Å². The van der Waals surface area contributed by atoms with E-state index in [0.29, 0.717) is 0 Å². The first-order valence-corrected chi connectivity index (χ1v) is 9.50. The fourth-order valence-electron chi connectivity index (χ4n) is 2.42. The molecule has 0 aromatic rings. The quantitative estimate of drug-likeness (QED) is 0.188. The second-order valence-corrected chi connectivity index (χ2v) is 7.77. The highest BCUT2D eigenvalue weighted by Gasteiger charge is 2.31. The highest BCUT2D eigenvalue weighted by Crippen LogP contribution is 2.08. The van der Waals surface area contributed by atoms with Crippen LogP contribution in [-0.4, -0.2) is 75.9 Å². The maximum absolute atomic E-state index is 12.6. The number of hydrogen-bond acceptors (Lipinski definition) is 7. The number of aliphatic hydroxyl groups is 2. The van der Waals surface area contributed by atoms with Crippen LogP contribution in [-0.2, 0) is 19.2 Å². The van der Waals surface area contributed by atoms with Crippen LogP contribution >= 0.6 is 0 Å². The second kappa shape index (κ2) is 12.3. The van der Waals surface area contributed by atoms with E-state index < -0.39 is 60.6 Å². The lowest BCUT2D eigenvalue weighted by atomic mass is 10.00. The average molecular weight is 418 g/mol. The molecule has 0 bridgehead atoms. The molecule has 0 spiro atoms. The zero-order valence-corrected chi connectivity index (χ0v) is 17.5. The summed E-state index contributed by atoms with van der Waals surface area (Å²) < 4.78 is 0. The predicted molar refractivity (Wildman–Crippen MR) is 104 cm³/mol. The van der Waals surface area contributed by atoms with Crippen molar-refractivity contribution in [3.8, 4) is 0 Å². The van der Waals surface area contributed by atoms with Crippen molar-refractivity contribution in [1.82, 2.24) is 16.0 Å². The molecular weight excluding hydrogens is 384 g/mol. The van der Waals surface area contributed by atoms with E-state index in [9.17, 15) is 34.5 Å². The molecule has 8 N–H and O–H groups in total. The third-order valence-corrected chi connectivity index (χ3v) is 4.21. The minimum absolute atomic E-state index is 0.0146. The minimum Gasteiger partial charge on any atom is -0.480 e. The summed E-state index contributed by atoms with van der Waals surface area (Å²) in [7, 11) is 0. The number of aliphatic hydroxyl groups excluding tert-OH is 2. The Labute approximate surface area is 170 Å². The molecule has 0 aromatic carbocycles. The number of carbonyl (C=O) groups excluding carboxylic acids is 3. The Balaban J connectivity index is 5.28. The van der Waals surface area contributed by atoms with Gasteiger partial charge in [0.05, 0.1) is 12.7 Å². The topological polar surface area (TPSA) is 191 Å². The molecule has 3 amide bonds. The van der Waals surface area contributed by atoms with Gasteiger partial charge >= 0.3 is 5.97 Å². The Hall–Kier alpha value is -2.24. The molecule has 0 saturated heterocycles. The summed E-state index contributed by atoms with van der Waals surface area (Å²) in [6.07, 6.45) is -0.956. The van der Waals surface area contributed by atoms with Gasteiger partial charge in [-0.1, -0.05) is 27.7 Å². The van der Waals surface area contributed by atoms with Gasteiger partial charge < -0.3 is 37.0 Å². The lowest BCUT2D eigenvalue weighted by Crippen LogP contribution is -2.59. The molecule has 0 saturated carbocycles. The SMILES string of the molecule is CC(C)CC(NC(=O)C(CO)NC(=O)C(N)C(C)O)C(=O)NC(C(=O)O)C(C)C. The van der Waals surface area contributed by atoms with E-state index in [0.717, 1.165) is 0 Å². The summed E-state index contributed by atoms with van der Waals surface area (Å²) >= 11 is 0. The van der Waals surface area contributed by atoms with Gasteiger partial charge in [0, 0.05) is 0 Å². The summed E-state index contributed by atoms with van der Waals surface area (Å²) in [5, 5.41) is 35.1. The standard InChI is InChI=1S/C18H34N4O7/c1-8(2)6-11(15(25)22-14(9(3)4)18(28)29)20-16(26)12(7-23)21-17(27)13(19)10(5)24/h8-14,23-24H,6-7,19H2,1-5H3,(H,20,26)(H,21,27)(H,22,25)(H,28,29). The molecule has 11 heteroatoms. The first-order valence-electron chi connectivity index (χ1n) is 9.50. The van der Waals surface area contributed by atoms with Crippen molar-refractivity contribution < 1.29 is 34.5 Å². The highest BCUT2D eigenvalue weighted by molar-refractivity contribution is 5.94. The predicted octanol–water partition coefficient (Wildman–Crippen LogP) is -2.07. The van der Waals surface area contributed by atoms with E-state index in [1.165, 1.54) is 6.92 Å². The van der Waals surface area contributed by atoms with Crippen LogP contribution in [0, 0.1) is 11.8 Å². The molecule has 29 heavy (non-hydrogen) atoms. The third-order valence-electron chi connectivity index (χ3n) is 4.21. The molecule has 0 aliphatic carbocycles. The smallest absolute Gasteiger partial charge is 0.326 e. The maximum Gasteiger partial charge on any atom is 0.326 e. The Morgan fingerprint density at radius 1 is 0.862 bits per heavy atom. The fourth-order valence-corrected chi connectivity index (χ4v) is 2.42. The van der Waals surface area contributed by atoms with E-state index >= 15 is 0 Å². The van der Waals surface area contributed by atoms with Gasteiger partial charge in [-0.25, -0.2) is 4.79 Å². The highest BCUT2D eigenvalue weighted by atomic mass is 16.4. The van der Waals surface area contributed by atoms with E-state index in [-0.39, 0.29) is 18.3 Å². The average Bonchev–Trinajstić information content (AvgIpc) is 2.61. The number of nitrogens with two attached hydrogens (primary N) is 1. The van der Waals surface area contributed by atoms with Crippen LogP contribution in [0.3, 0.4) is 0 Å². The molecule has 0 rings (SSSR count). The summed E-state index contributed by atoms with van der Waals surface area (Å²) in [4.78, 5) is 48.3. The number of hydrogen-bond donors (Lipinski definition) is 7. The lowest BCUT2D eigenvalue weighted by molar-refractivity contribution is -0.143. The molecule has 0 aliphatic rings. The van der Waals surface area contributed by atoms with Crippen LogP contribution in [0.2, 0.25) is 0 Å². The van der Waals surface area contributed by atoms with Gasteiger partial charge in [0.25, 0.3) is 0 Å². The molecule has 5 atom stereocenters. The minimum atomic E-state index is -1.39. The number of nitrogens with one attached hydrogen (secondary N) is 3. The molecule has 0 radical (unpaired) electrons. The summed E-state index contributed by atoms with van der Waals surface area (Å²) in [5.74, 6) is -3.95. The summed E-state index contributed by atoms with van der Waals surface area (Å²) in [6, 6.07) is -4.89. The van der Waals surface area contributed by atoms with Crippen molar-refractivity contribution in [2.24, 2.45) is 17.6 Å². The van der Waals surface area contributed by atoms with Crippen LogP contribution in [0.25, 0.3) is 0 Å². The van der Waals surface area contributed by atoms with Gasteiger partial charge in [0.15, 0.2) is 0 Å². The van der Waals surface area contributed by atoms with Crippen molar-refractivity contribution in [2.45, 2.75) is 71.3 Å². The van der Waals surface area contributed by atoms with Crippen LogP contribution in [0.4, 0.5) is 0 Å². The molecular formula is C18H34N4O7. The van der Waals surface area contributed by atoms with Crippen molar-refractivity contribution in [2.75, 3.05) is 6.61 Å². The number of carboxylic acid groups (broad SMARTS) is 1. The zero-order valence-electron chi connectivity index (χ0n) is 17.5. The molecule has 0 fully saturated rings. The van der Waals surface area contributed by atoms with E-state index in [4.69, 9.17) is 5.73 Å². The number of amides is 3. The van der Waals surface area contributed by atoms with Crippen molar-refractivity contribution in [1.29, 1.82) is 0 Å². The number of carbonyl (C=O) groups is 4. The van der Waals surface area contributed by atoms with Crippen molar-refractivity contribution >= 4 is 23.7 Å². The molecule has 5 unspecified atom stereocenters. The van der Waals surface area contributed by atoms with Gasteiger partial charge in [0.1, 0.15) is 24.2 Å². The van der Waals surface area contributed by atoms with Crippen LogP contribution in [0.5, 0.6) is 0 Å². The normalized spacial score (nSPS) is 16.5. The second-order valence-electron chi connectivity index (χ2n) is 7.77. The third kappa shape index (κ3) is 9.20. The Morgan fingerprint density at radius 2 is 1.34 bits per heavy atom. The summed E-state index contributed by atoms with van der Waals surface area (Å²) in [6.45, 7) is 7.45. The van der Waals surface area contributed by atoms with Gasteiger partial charge in [-0.2, -0.15) is 0 Å². The molecule has 0 aromatic heterocycles. The Morgan fingerprint density at radius 3 is 1.72 bits per heavy atom. The van der Waals surface area contributed by atoms with Crippen LogP contribution in [0.1, 0.15) is 41.0 Å². The summed E-state index contributed by atoms with van der Waals surface area (Å²) in [5.41, 5.74) is 5.49. The Kier molecular flexibility index (Phi) is 11.4.